The number of aryl methyl sites for hydroxylation is 1. The van der Waals surface area contributed by atoms with Crippen molar-refractivity contribution in [1.82, 2.24) is 9.97 Å². The summed E-state index contributed by atoms with van der Waals surface area (Å²) in [6, 6.07) is 1.91. The highest BCUT2D eigenvalue weighted by Crippen LogP contribution is 2.12. The van der Waals surface area contributed by atoms with Gasteiger partial charge in [-0.05, 0) is 25.4 Å². The number of hydrogen-bond donors (Lipinski definition) is 0. The van der Waals surface area contributed by atoms with E-state index < -0.39 is 0 Å². The van der Waals surface area contributed by atoms with Crippen LogP contribution in [0.25, 0.3) is 0 Å². The summed E-state index contributed by atoms with van der Waals surface area (Å²) in [6.45, 7) is 4.87. The largest absolute Gasteiger partial charge is 0.360 e. The molecule has 66 valence electrons. The quantitative estimate of drug-likeness (QED) is 0.659. The molecule has 0 radical (unpaired) electrons. The molecule has 0 saturated heterocycles. The van der Waals surface area contributed by atoms with E-state index in [9.17, 15) is 0 Å². The highest BCUT2D eigenvalue weighted by atomic mass is 35.5. The molecule has 0 N–H and O–H groups in total. The van der Waals surface area contributed by atoms with Crippen molar-refractivity contribution < 1.29 is 0 Å². The molecular weight excluding hydrogens is 174 g/mol. The number of anilines is 1. The summed E-state index contributed by atoms with van der Waals surface area (Å²) in [5.74, 6) is 0.870. The zero-order valence-corrected chi connectivity index (χ0v) is 8.26. The number of hydrogen-bond acceptors (Lipinski definition) is 3. The molecule has 1 rings (SSSR count). The standard InChI is InChI=1S/C8H12ClN3/c1-4-12(3)7-5-6(2)10-8(9)11-7/h5H,4H2,1-3H3. The topological polar surface area (TPSA) is 29.0 Å². The molecule has 0 spiro atoms. The molecule has 3 nitrogen and oxygen atoms in total. The van der Waals surface area contributed by atoms with E-state index in [0.29, 0.717) is 5.28 Å². The first kappa shape index (κ1) is 9.26. The SMILES string of the molecule is CCN(C)c1cc(C)nc(Cl)n1. The van der Waals surface area contributed by atoms with Crippen molar-refractivity contribution in [3.63, 3.8) is 0 Å². The summed E-state index contributed by atoms with van der Waals surface area (Å²) in [4.78, 5) is 10.1. The average molecular weight is 186 g/mol. The summed E-state index contributed by atoms with van der Waals surface area (Å²) in [5, 5.41) is 0.310. The molecular formula is C8H12ClN3. The Morgan fingerprint density at radius 1 is 1.50 bits per heavy atom. The third-order valence-corrected chi connectivity index (χ3v) is 1.85. The van der Waals surface area contributed by atoms with Crippen LogP contribution in [0.4, 0.5) is 5.82 Å². The average Bonchev–Trinajstić information content (AvgIpc) is 2.01. The maximum absolute atomic E-state index is 5.70. The summed E-state index contributed by atoms with van der Waals surface area (Å²) in [6.07, 6.45) is 0. The van der Waals surface area contributed by atoms with E-state index in [0.717, 1.165) is 18.1 Å². The van der Waals surface area contributed by atoms with Gasteiger partial charge in [0.05, 0.1) is 0 Å². The van der Waals surface area contributed by atoms with Gasteiger partial charge in [-0.25, -0.2) is 9.97 Å². The smallest absolute Gasteiger partial charge is 0.224 e. The first-order chi connectivity index (χ1) is 5.63. The molecule has 0 amide bonds. The lowest BCUT2D eigenvalue weighted by atomic mass is 10.4. The number of aromatic nitrogens is 2. The summed E-state index contributed by atoms with van der Waals surface area (Å²) < 4.78 is 0. The lowest BCUT2D eigenvalue weighted by molar-refractivity contribution is 0.922. The Balaban J connectivity index is 3.00. The van der Waals surface area contributed by atoms with Gasteiger partial charge >= 0.3 is 0 Å². The fourth-order valence-electron chi connectivity index (χ4n) is 0.874. The molecule has 0 bridgehead atoms. The van der Waals surface area contributed by atoms with Gasteiger partial charge in [0.15, 0.2) is 0 Å². The molecule has 0 saturated carbocycles. The predicted octanol–water partition coefficient (Wildman–Crippen LogP) is 1.89. The lowest BCUT2D eigenvalue weighted by Crippen LogP contribution is -2.17. The Bertz CT molecular complexity index is 255. The van der Waals surface area contributed by atoms with Crippen molar-refractivity contribution in [3.8, 4) is 0 Å². The van der Waals surface area contributed by atoms with Gasteiger partial charge in [-0.3, -0.25) is 0 Å². The number of rotatable bonds is 2. The van der Waals surface area contributed by atoms with Crippen LogP contribution in [0.2, 0.25) is 5.28 Å². The van der Waals surface area contributed by atoms with Crippen LogP contribution in [0.15, 0.2) is 6.07 Å². The van der Waals surface area contributed by atoms with Gasteiger partial charge in [0, 0.05) is 25.4 Å². The minimum atomic E-state index is 0.310. The Labute approximate surface area is 77.4 Å². The molecule has 1 heterocycles. The zero-order chi connectivity index (χ0) is 9.14. The summed E-state index contributed by atoms with van der Waals surface area (Å²) >= 11 is 5.70. The Morgan fingerprint density at radius 2 is 2.17 bits per heavy atom. The highest BCUT2D eigenvalue weighted by molar-refractivity contribution is 6.28. The van der Waals surface area contributed by atoms with Crippen LogP contribution >= 0.6 is 11.6 Å². The van der Waals surface area contributed by atoms with Gasteiger partial charge in [-0.15, -0.1) is 0 Å². The zero-order valence-electron chi connectivity index (χ0n) is 7.50. The third-order valence-electron chi connectivity index (χ3n) is 1.68. The van der Waals surface area contributed by atoms with E-state index in [-0.39, 0.29) is 0 Å². The van der Waals surface area contributed by atoms with Gasteiger partial charge < -0.3 is 4.90 Å². The van der Waals surface area contributed by atoms with Crippen molar-refractivity contribution in [2.24, 2.45) is 0 Å². The van der Waals surface area contributed by atoms with Crippen LogP contribution in [-0.2, 0) is 0 Å². The van der Waals surface area contributed by atoms with Crippen LogP contribution in [0.1, 0.15) is 12.6 Å². The second-order valence-electron chi connectivity index (χ2n) is 2.65. The molecule has 1 aromatic rings. The second-order valence-corrected chi connectivity index (χ2v) is 2.99. The molecule has 0 aliphatic carbocycles. The maximum Gasteiger partial charge on any atom is 0.224 e. The lowest BCUT2D eigenvalue weighted by Gasteiger charge is -2.15. The van der Waals surface area contributed by atoms with E-state index in [2.05, 4.69) is 16.9 Å². The van der Waals surface area contributed by atoms with Gasteiger partial charge in [0.2, 0.25) is 5.28 Å². The second kappa shape index (κ2) is 3.72. The Kier molecular flexibility index (Phi) is 2.87. The normalized spacial score (nSPS) is 10.0. The summed E-state index contributed by atoms with van der Waals surface area (Å²) in [5.41, 5.74) is 0.894. The monoisotopic (exact) mass is 185 g/mol. The fourth-order valence-corrected chi connectivity index (χ4v) is 1.09. The number of nitrogens with zero attached hydrogens (tertiary/aromatic N) is 3. The first-order valence-electron chi connectivity index (χ1n) is 3.85. The molecule has 4 heteroatoms. The third kappa shape index (κ3) is 2.08. The van der Waals surface area contributed by atoms with Gasteiger partial charge in [-0.2, -0.15) is 0 Å². The molecule has 0 aliphatic heterocycles. The summed E-state index contributed by atoms with van der Waals surface area (Å²) in [7, 11) is 1.97. The van der Waals surface area contributed by atoms with E-state index >= 15 is 0 Å². The van der Waals surface area contributed by atoms with Gasteiger partial charge in [0.1, 0.15) is 5.82 Å². The van der Waals surface area contributed by atoms with Crippen molar-refractivity contribution in [1.29, 1.82) is 0 Å². The Hall–Kier alpha value is -0.830. The van der Waals surface area contributed by atoms with Crippen LogP contribution in [0, 0.1) is 6.92 Å². The van der Waals surface area contributed by atoms with Crippen molar-refractivity contribution >= 4 is 17.4 Å². The molecule has 0 atom stereocenters. The van der Waals surface area contributed by atoms with Crippen LogP contribution in [0.5, 0.6) is 0 Å². The molecule has 12 heavy (non-hydrogen) atoms. The van der Waals surface area contributed by atoms with E-state index in [1.165, 1.54) is 0 Å². The highest BCUT2D eigenvalue weighted by Gasteiger charge is 2.02. The molecule has 1 aromatic heterocycles. The first-order valence-corrected chi connectivity index (χ1v) is 4.23. The maximum atomic E-state index is 5.70. The minimum Gasteiger partial charge on any atom is -0.360 e. The van der Waals surface area contributed by atoms with Crippen LogP contribution < -0.4 is 4.90 Å². The molecule has 0 aliphatic rings. The minimum absolute atomic E-state index is 0.310. The van der Waals surface area contributed by atoms with Crippen LogP contribution in [0.3, 0.4) is 0 Å². The Morgan fingerprint density at radius 3 is 2.67 bits per heavy atom. The molecule has 0 unspecified atom stereocenters. The van der Waals surface area contributed by atoms with E-state index in [1.54, 1.807) is 0 Å². The van der Waals surface area contributed by atoms with Crippen molar-refractivity contribution in [2.45, 2.75) is 13.8 Å². The van der Waals surface area contributed by atoms with E-state index in [1.807, 2.05) is 24.9 Å². The van der Waals surface area contributed by atoms with Gasteiger partial charge in [-0.1, -0.05) is 0 Å². The van der Waals surface area contributed by atoms with Crippen molar-refractivity contribution in [2.75, 3.05) is 18.5 Å². The predicted molar refractivity (Wildman–Crippen MR) is 50.7 cm³/mol. The fraction of sp³-hybridized carbons (Fsp3) is 0.500. The molecule has 0 fully saturated rings. The number of halogens is 1. The molecule has 0 aromatic carbocycles. The van der Waals surface area contributed by atoms with Gasteiger partial charge in [0.25, 0.3) is 0 Å². The van der Waals surface area contributed by atoms with E-state index in [4.69, 9.17) is 11.6 Å². The van der Waals surface area contributed by atoms with Crippen molar-refractivity contribution in [3.05, 3.63) is 17.0 Å². The van der Waals surface area contributed by atoms with Crippen LogP contribution in [-0.4, -0.2) is 23.6 Å².